The van der Waals surface area contributed by atoms with E-state index in [-0.39, 0.29) is 0 Å². The fourth-order valence-corrected chi connectivity index (χ4v) is 0.921. The van der Waals surface area contributed by atoms with E-state index in [4.69, 9.17) is 12.2 Å². The molecular formula is C5H4N6S. The van der Waals surface area contributed by atoms with Crippen LogP contribution in [0, 0.1) is 0 Å². The highest BCUT2D eigenvalue weighted by molar-refractivity contribution is 7.80. The monoisotopic (exact) mass is 180 g/mol. The second-order valence-electron chi connectivity index (χ2n) is 2.02. The highest BCUT2D eigenvalue weighted by Gasteiger charge is 2.00. The van der Waals surface area contributed by atoms with Crippen LogP contribution in [-0.2, 0) is 0 Å². The normalized spacial score (nSPS) is 10.0. The minimum atomic E-state index is 0.519. The van der Waals surface area contributed by atoms with Crippen molar-refractivity contribution in [2.45, 2.75) is 0 Å². The van der Waals surface area contributed by atoms with Crippen LogP contribution in [0.25, 0.3) is 0 Å². The lowest BCUT2D eigenvalue weighted by Gasteiger charge is -2.00. The molecule has 0 spiro atoms. The lowest BCUT2D eigenvalue weighted by Crippen LogP contribution is -2.15. The van der Waals surface area contributed by atoms with E-state index >= 15 is 0 Å². The van der Waals surface area contributed by atoms with Crippen molar-refractivity contribution in [2.24, 2.45) is 0 Å². The van der Waals surface area contributed by atoms with Gasteiger partial charge in [0.1, 0.15) is 25.3 Å². The van der Waals surface area contributed by atoms with Gasteiger partial charge in [-0.05, 0) is 12.2 Å². The van der Waals surface area contributed by atoms with E-state index in [1.165, 1.54) is 25.3 Å². The number of nitrogens with zero attached hydrogens (tertiary/aromatic N) is 6. The van der Waals surface area contributed by atoms with Crippen molar-refractivity contribution in [3.63, 3.8) is 0 Å². The first-order valence-electron chi connectivity index (χ1n) is 3.12. The van der Waals surface area contributed by atoms with E-state index < -0.39 is 0 Å². The molecule has 12 heavy (non-hydrogen) atoms. The van der Waals surface area contributed by atoms with Crippen molar-refractivity contribution in [1.82, 2.24) is 29.5 Å². The van der Waals surface area contributed by atoms with Crippen molar-refractivity contribution < 1.29 is 0 Å². The predicted molar refractivity (Wildman–Crippen MR) is 43.4 cm³/mol. The molecule has 0 saturated carbocycles. The molecule has 0 fully saturated rings. The first kappa shape index (κ1) is 7.04. The van der Waals surface area contributed by atoms with Gasteiger partial charge in [0.15, 0.2) is 5.11 Å². The van der Waals surface area contributed by atoms with Crippen LogP contribution in [-0.4, -0.2) is 34.6 Å². The quantitative estimate of drug-likeness (QED) is 0.514. The Labute approximate surface area is 72.9 Å². The lowest BCUT2D eigenvalue weighted by atomic mass is 10.9. The third kappa shape index (κ3) is 1.10. The summed E-state index contributed by atoms with van der Waals surface area (Å²) in [6.45, 7) is 0. The molecule has 0 radical (unpaired) electrons. The van der Waals surface area contributed by atoms with E-state index in [2.05, 4.69) is 20.4 Å². The van der Waals surface area contributed by atoms with Crippen LogP contribution in [0.2, 0.25) is 0 Å². The van der Waals surface area contributed by atoms with Gasteiger partial charge in [-0.25, -0.2) is 0 Å². The standard InChI is InChI=1S/C5H4N6S/c12-5(10-1-6-7-2-10)11-3-8-9-4-11/h1-4H. The fourth-order valence-electron chi connectivity index (χ4n) is 0.732. The van der Waals surface area contributed by atoms with Crippen LogP contribution in [0.15, 0.2) is 25.3 Å². The van der Waals surface area contributed by atoms with Gasteiger partial charge >= 0.3 is 0 Å². The average Bonchev–Trinajstić information content (AvgIpc) is 2.77. The first-order valence-corrected chi connectivity index (χ1v) is 3.53. The summed E-state index contributed by atoms with van der Waals surface area (Å²) in [7, 11) is 0. The summed E-state index contributed by atoms with van der Waals surface area (Å²) < 4.78 is 3.19. The van der Waals surface area contributed by atoms with Crippen LogP contribution in [0.4, 0.5) is 0 Å². The first-order chi connectivity index (χ1) is 5.88. The van der Waals surface area contributed by atoms with Gasteiger partial charge in [0, 0.05) is 0 Å². The average molecular weight is 180 g/mol. The van der Waals surface area contributed by atoms with Crippen molar-refractivity contribution in [1.29, 1.82) is 0 Å². The Balaban J connectivity index is 2.34. The van der Waals surface area contributed by atoms with Gasteiger partial charge in [0.25, 0.3) is 0 Å². The molecule has 0 aromatic carbocycles. The zero-order chi connectivity index (χ0) is 8.39. The molecule has 60 valence electrons. The maximum atomic E-state index is 5.06. The summed E-state index contributed by atoms with van der Waals surface area (Å²) in [5.41, 5.74) is 0. The van der Waals surface area contributed by atoms with E-state index in [1.807, 2.05) is 0 Å². The SMILES string of the molecule is S=C(n1cnnc1)n1cnnc1. The molecule has 0 saturated heterocycles. The molecule has 0 bridgehead atoms. The van der Waals surface area contributed by atoms with Crippen LogP contribution >= 0.6 is 12.2 Å². The van der Waals surface area contributed by atoms with E-state index in [0.717, 1.165) is 0 Å². The molecule has 7 heteroatoms. The zero-order valence-corrected chi connectivity index (χ0v) is 6.72. The summed E-state index contributed by atoms with van der Waals surface area (Å²) >= 11 is 5.06. The number of hydrogen-bond donors (Lipinski definition) is 0. The Morgan fingerprint density at radius 2 is 1.17 bits per heavy atom. The number of rotatable bonds is 0. The third-order valence-electron chi connectivity index (χ3n) is 1.28. The lowest BCUT2D eigenvalue weighted by molar-refractivity contribution is 1.02. The van der Waals surface area contributed by atoms with E-state index in [1.54, 1.807) is 9.13 Å². The maximum Gasteiger partial charge on any atom is 0.193 e. The van der Waals surface area contributed by atoms with Gasteiger partial charge in [-0.3, -0.25) is 9.13 Å². The molecule has 0 unspecified atom stereocenters. The Hall–Kier alpha value is -1.63. The van der Waals surface area contributed by atoms with Crippen molar-refractivity contribution in [3.8, 4) is 0 Å². The minimum Gasteiger partial charge on any atom is -0.263 e. The summed E-state index contributed by atoms with van der Waals surface area (Å²) in [6, 6.07) is 0. The minimum absolute atomic E-state index is 0.519. The topological polar surface area (TPSA) is 61.4 Å². The van der Waals surface area contributed by atoms with E-state index in [0.29, 0.717) is 5.11 Å². The maximum absolute atomic E-state index is 5.06. The summed E-state index contributed by atoms with van der Waals surface area (Å²) in [6.07, 6.45) is 6.06. The smallest absolute Gasteiger partial charge is 0.193 e. The molecule has 2 heterocycles. The summed E-state index contributed by atoms with van der Waals surface area (Å²) in [5.74, 6) is 0. The van der Waals surface area contributed by atoms with Crippen LogP contribution in [0.3, 0.4) is 0 Å². The number of aromatic nitrogens is 6. The van der Waals surface area contributed by atoms with Gasteiger partial charge < -0.3 is 0 Å². The zero-order valence-electron chi connectivity index (χ0n) is 5.90. The molecule has 2 rings (SSSR count). The molecule has 0 aliphatic rings. The van der Waals surface area contributed by atoms with Gasteiger partial charge in [-0.15, -0.1) is 20.4 Å². The molecule has 0 aliphatic carbocycles. The Morgan fingerprint density at radius 1 is 0.833 bits per heavy atom. The van der Waals surface area contributed by atoms with Gasteiger partial charge in [-0.1, -0.05) is 0 Å². The molecule has 2 aromatic heterocycles. The van der Waals surface area contributed by atoms with Crippen LogP contribution in [0.5, 0.6) is 0 Å². The molecule has 6 nitrogen and oxygen atoms in total. The Morgan fingerprint density at radius 3 is 1.50 bits per heavy atom. The Kier molecular flexibility index (Phi) is 1.63. The highest BCUT2D eigenvalue weighted by Crippen LogP contribution is 1.89. The predicted octanol–water partition coefficient (Wildman–Crippen LogP) is -0.449. The Bertz CT molecular complexity index is 326. The summed E-state index contributed by atoms with van der Waals surface area (Å²) in [5, 5.41) is 15.0. The highest BCUT2D eigenvalue weighted by atomic mass is 32.1. The van der Waals surface area contributed by atoms with Crippen molar-refractivity contribution in [2.75, 3.05) is 0 Å². The number of thiocarbonyl (C=S) groups is 1. The molecule has 2 aromatic rings. The second kappa shape index (κ2) is 2.78. The van der Waals surface area contributed by atoms with Gasteiger partial charge in [-0.2, -0.15) is 0 Å². The van der Waals surface area contributed by atoms with Crippen LogP contribution in [0.1, 0.15) is 0 Å². The van der Waals surface area contributed by atoms with Crippen LogP contribution < -0.4 is 0 Å². The largest absolute Gasteiger partial charge is 0.263 e. The van der Waals surface area contributed by atoms with Crippen molar-refractivity contribution in [3.05, 3.63) is 25.3 Å². The summed E-state index contributed by atoms with van der Waals surface area (Å²) in [4.78, 5) is 0. The fraction of sp³-hybridized carbons (Fsp3) is 0. The van der Waals surface area contributed by atoms with Crippen molar-refractivity contribution >= 4 is 17.3 Å². The molecule has 0 amide bonds. The molecule has 0 atom stereocenters. The third-order valence-corrected chi connectivity index (χ3v) is 1.70. The molecule has 0 N–H and O–H groups in total. The van der Waals surface area contributed by atoms with Gasteiger partial charge in [0.05, 0.1) is 0 Å². The molecule has 0 aliphatic heterocycles. The van der Waals surface area contributed by atoms with E-state index in [9.17, 15) is 0 Å². The number of hydrogen-bond acceptors (Lipinski definition) is 5. The second-order valence-corrected chi connectivity index (χ2v) is 2.39. The van der Waals surface area contributed by atoms with Gasteiger partial charge in [0.2, 0.25) is 0 Å². The molecular weight excluding hydrogens is 176 g/mol.